The molecular formula is C17H18FN3O6. The van der Waals surface area contributed by atoms with Gasteiger partial charge in [0.25, 0.3) is 11.5 Å². The summed E-state index contributed by atoms with van der Waals surface area (Å²) in [4.78, 5) is 38.4. The summed E-state index contributed by atoms with van der Waals surface area (Å²) in [5.74, 6) is -1.14. The van der Waals surface area contributed by atoms with Crippen LogP contribution in [0.15, 0.2) is 40.1 Å². The molecule has 0 aliphatic carbocycles. The fraction of sp³-hybridized carbons (Fsp3) is 0.353. The number of rotatable bonds is 5. The van der Waals surface area contributed by atoms with Crippen molar-refractivity contribution in [3.63, 3.8) is 0 Å². The van der Waals surface area contributed by atoms with Crippen LogP contribution in [0.5, 0.6) is 0 Å². The Morgan fingerprint density at radius 1 is 1.33 bits per heavy atom. The normalized spacial score (nSPS) is 22.0. The number of hydrogen-bond donors (Lipinski definition) is 4. The minimum atomic E-state index is -0.977. The Bertz CT molecular complexity index is 939. The van der Waals surface area contributed by atoms with Gasteiger partial charge in [0.1, 0.15) is 23.7 Å². The Morgan fingerprint density at radius 2 is 2.04 bits per heavy atom. The zero-order valence-electron chi connectivity index (χ0n) is 14.1. The number of aliphatic hydroxyl groups excluding tert-OH is 2. The van der Waals surface area contributed by atoms with E-state index in [1.165, 1.54) is 24.3 Å². The van der Waals surface area contributed by atoms with E-state index in [-0.39, 0.29) is 18.5 Å². The molecule has 27 heavy (non-hydrogen) atoms. The molecule has 9 nitrogen and oxygen atoms in total. The molecule has 1 fully saturated rings. The maximum Gasteiger partial charge on any atom is 0.330 e. The number of aromatic nitrogens is 2. The second-order valence-corrected chi connectivity index (χ2v) is 6.13. The smallest absolute Gasteiger partial charge is 0.330 e. The van der Waals surface area contributed by atoms with Crippen LogP contribution >= 0.6 is 0 Å². The van der Waals surface area contributed by atoms with E-state index in [0.29, 0.717) is 5.56 Å². The lowest BCUT2D eigenvalue weighted by atomic mass is 10.2. The number of aromatic amines is 1. The zero-order chi connectivity index (χ0) is 19.6. The predicted octanol–water partition coefficient (Wildman–Crippen LogP) is -0.754. The Labute approximate surface area is 152 Å². The third-order valence-corrected chi connectivity index (χ3v) is 4.27. The summed E-state index contributed by atoms with van der Waals surface area (Å²) in [7, 11) is 0. The van der Waals surface area contributed by atoms with Crippen LogP contribution in [0.4, 0.5) is 4.39 Å². The number of H-pyrrole nitrogens is 1. The van der Waals surface area contributed by atoms with Gasteiger partial charge in [0.15, 0.2) is 0 Å². The molecule has 144 valence electrons. The number of amides is 1. The minimum Gasteiger partial charge on any atom is -0.394 e. The maximum absolute atomic E-state index is 12.9. The van der Waals surface area contributed by atoms with E-state index in [1.54, 1.807) is 0 Å². The fourth-order valence-electron chi connectivity index (χ4n) is 2.79. The van der Waals surface area contributed by atoms with Gasteiger partial charge in [-0.1, -0.05) is 12.1 Å². The highest BCUT2D eigenvalue weighted by Gasteiger charge is 2.35. The van der Waals surface area contributed by atoms with E-state index >= 15 is 0 Å². The summed E-state index contributed by atoms with van der Waals surface area (Å²) < 4.78 is 19.3. The quantitative estimate of drug-likeness (QED) is 0.540. The van der Waals surface area contributed by atoms with Gasteiger partial charge >= 0.3 is 5.69 Å². The lowest BCUT2D eigenvalue weighted by Gasteiger charge is -2.15. The van der Waals surface area contributed by atoms with Crippen LogP contribution in [0.3, 0.4) is 0 Å². The molecule has 1 aliphatic rings. The van der Waals surface area contributed by atoms with Crippen molar-refractivity contribution in [3.8, 4) is 0 Å². The van der Waals surface area contributed by atoms with E-state index < -0.39 is 48.0 Å². The second-order valence-electron chi connectivity index (χ2n) is 6.13. The number of benzene rings is 1. The molecule has 1 unspecified atom stereocenters. The molecule has 2 heterocycles. The Kier molecular flexibility index (Phi) is 5.49. The first-order chi connectivity index (χ1) is 12.9. The Hall–Kier alpha value is -2.82. The van der Waals surface area contributed by atoms with Crippen LogP contribution in [0.25, 0.3) is 0 Å². The molecule has 1 saturated heterocycles. The summed E-state index contributed by atoms with van der Waals surface area (Å²) in [5.41, 5.74) is -1.36. The summed E-state index contributed by atoms with van der Waals surface area (Å²) in [6.45, 7) is -0.371. The van der Waals surface area contributed by atoms with Crippen LogP contribution in [-0.4, -0.2) is 44.5 Å². The average Bonchev–Trinajstić information content (AvgIpc) is 3.01. The number of aliphatic hydroxyl groups is 2. The van der Waals surface area contributed by atoms with Gasteiger partial charge in [-0.15, -0.1) is 0 Å². The Morgan fingerprint density at radius 3 is 2.67 bits per heavy atom. The number of hydrogen-bond acceptors (Lipinski definition) is 6. The van der Waals surface area contributed by atoms with Crippen LogP contribution < -0.4 is 16.6 Å². The fourth-order valence-corrected chi connectivity index (χ4v) is 2.79. The predicted molar refractivity (Wildman–Crippen MR) is 90.5 cm³/mol. The largest absolute Gasteiger partial charge is 0.394 e. The zero-order valence-corrected chi connectivity index (χ0v) is 14.1. The number of ether oxygens (including phenoxy) is 1. The molecule has 10 heteroatoms. The SMILES string of the molecule is O=C(NCc1ccc(F)cc1)c1cn([C@H]2CC(O)[C@@H](CO)O2)c(=O)[nH]c1=O. The van der Waals surface area contributed by atoms with Crippen molar-refractivity contribution in [1.29, 1.82) is 0 Å². The van der Waals surface area contributed by atoms with Crippen LogP contribution in [0, 0.1) is 5.82 Å². The topological polar surface area (TPSA) is 134 Å². The van der Waals surface area contributed by atoms with Gasteiger partial charge in [0.05, 0.1) is 12.7 Å². The lowest BCUT2D eigenvalue weighted by Crippen LogP contribution is -2.38. The number of carbonyl (C=O) groups excluding carboxylic acids is 1. The first-order valence-corrected chi connectivity index (χ1v) is 8.21. The number of halogens is 1. The highest BCUT2D eigenvalue weighted by Crippen LogP contribution is 2.27. The lowest BCUT2D eigenvalue weighted by molar-refractivity contribution is -0.0459. The molecule has 1 amide bonds. The summed E-state index contributed by atoms with van der Waals surface area (Å²) in [5, 5.41) is 21.4. The minimum absolute atomic E-state index is 0.0216. The van der Waals surface area contributed by atoms with Gasteiger partial charge < -0.3 is 20.3 Å². The summed E-state index contributed by atoms with van der Waals surface area (Å²) >= 11 is 0. The van der Waals surface area contributed by atoms with E-state index in [1.807, 2.05) is 4.98 Å². The number of carbonyl (C=O) groups is 1. The second kappa shape index (κ2) is 7.82. The highest BCUT2D eigenvalue weighted by molar-refractivity contribution is 5.93. The van der Waals surface area contributed by atoms with Crippen molar-refractivity contribution in [2.75, 3.05) is 6.61 Å². The van der Waals surface area contributed by atoms with Crippen molar-refractivity contribution in [3.05, 3.63) is 68.2 Å². The Balaban J connectivity index is 1.79. The number of nitrogens with one attached hydrogen (secondary N) is 2. The van der Waals surface area contributed by atoms with Gasteiger partial charge in [-0.3, -0.25) is 19.1 Å². The third-order valence-electron chi connectivity index (χ3n) is 4.27. The maximum atomic E-state index is 12.9. The van der Waals surface area contributed by atoms with Crippen LogP contribution in [0.1, 0.15) is 28.6 Å². The van der Waals surface area contributed by atoms with E-state index in [9.17, 15) is 23.9 Å². The van der Waals surface area contributed by atoms with E-state index in [2.05, 4.69) is 5.32 Å². The first kappa shape index (κ1) is 19.0. The molecular weight excluding hydrogens is 361 g/mol. The van der Waals surface area contributed by atoms with Crippen molar-refractivity contribution in [2.45, 2.75) is 31.4 Å². The summed E-state index contributed by atoms with van der Waals surface area (Å²) in [6.07, 6.45) is -1.68. The van der Waals surface area contributed by atoms with Gasteiger partial charge in [0.2, 0.25) is 0 Å². The molecule has 0 spiro atoms. The molecule has 1 aromatic heterocycles. The highest BCUT2D eigenvalue weighted by atomic mass is 19.1. The van der Waals surface area contributed by atoms with Crippen LogP contribution in [-0.2, 0) is 11.3 Å². The molecule has 0 saturated carbocycles. The van der Waals surface area contributed by atoms with Crippen molar-refractivity contribution >= 4 is 5.91 Å². The first-order valence-electron chi connectivity index (χ1n) is 8.21. The monoisotopic (exact) mass is 379 g/mol. The van der Waals surface area contributed by atoms with Gasteiger partial charge in [-0.25, -0.2) is 9.18 Å². The van der Waals surface area contributed by atoms with Gasteiger partial charge in [-0.05, 0) is 17.7 Å². The molecule has 3 rings (SSSR count). The average molecular weight is 379 g/mol. The molecule has 0 bridgehead atoms. The molecule has 4 N–H and O–H groups in total. The molecule has 3 atom stereocenters. The third kappa shape index (κ3) is 4.13. The van der Waals surface area contributed by atoms with Gasteiger partial charge in [-0.2, -0.15) is 0 Å². The van der Waals surface area contributed by atoms with Crippen molar-refractivity contribution in [1.82, 2.24) is 14.9 Å². The van der Waals surface area contributed by atoms with Crippen LogP contribution in [0.2, 0.25) is 0 Å². The van der Waals surface area contributed by atoms with Crippen molar-refractivity contribution in [2.24, 2.45) is 0 Å². The number of nitrogens with zero attached hydrogens (tertiary/aromatic N) is 1. The molecule has 0 radical (unpaired) electrons. The summed E-state index contributed by atoms with van der Waals surface area (Å²) in [6, 6.07) is 5.47. The molecule has 1 aliphatic heterocycles. The standard InChI is InChI=1S/C17H18FN3O6/c18-10-3-1-9(2-4-10)6-19-15(24)11-7-21(17(26)20-16(11)25)14-5-12(23)13(8-22)27-14/h1-4,7,12-14,22-23H,5-6,8H2,(H,19,24)(H,20,25,26)/t12?,13-,14-/m1/s1. The van der Waals surface area contributed by atoms with Gasteiger partial charge in [0, 0.05) is 19.2 Å². The molecule has 2 aromatic rings. The van der Waals surface area contributed by atoms with Crippen molar-refractivity contribution < 1.29 is 24.1 Å². The molecule has 1 aromatic carbocycles. The van der Waals surface area contributed by atoms with E-state index in [0.717, 1.165) is 10.8 Å². The van der Waals surface area contributed by atoms with E-state index in [4.69, 9.17) is 9.84 Å².